The highest BCUT2D eigenvalue weighted by Crippen LogP contribution is 2.12. The molecule has 0 atom stereocenters. The largest absolute Gasteiger partial charge is 0.361 e. The Balaban J connectivity index is 0.00000264. The zero-order valence-electron chi connectivity index (χ0n) is 14.0. The SMILES string of the molecule is CN=C(NCCc1ncc(C)s1)NCCc1c(C)noc1C.I. The molecule has 0 radical (unpaired) electrons. The monoisotopic (exact) mass is 449 g/mol. The average molecular weight is 449 g/mol. The third kappa shape index (κ3) is 6.09. The van der Waals surface area contributed by atoms with E-state index in [9.17, 15) is 0 Å². The Labute approximate surface area is 158 Å². The first-order valence-electron chi connectivity index (χ1n) is 7.37. The predicted octanol–water partition coefficient (Wildman–Crippen LogP) is 2.62. The van der Waals surface area contributed by atoms with Crippen LogP contribution in [0.25, 0.3) is 0 Å². The maximum atomic E-state index is 5.17. The van der Waals surface area contributed by atoms with Crippen LogP contribution in [-0.4, -0.2) is 36.2 Å². The molecule has 2 rings (SSSR count). The number of guanidine groups is 1. The van der Waals surface area contributed by atoms with Crippen molar-refractivity contribution < 1.29 is 4.52 Å². The van der Waals surface area contributed by atoms with Gasteiger partial charge >= 0.3 is 0 Å². The summed E-state index contributed by atoms with van der Waals surface area (Å²) in [5.41, 5.74) is 2.13. The van der Waals surface area contributed by atoms with Crippen LogP contribution < -0.4 is 10.6 Å². The molecule has 0 aromatic carbocycles. The number of nitrogens with one attached hydrogen (secondary N) is 2. The Morgan fingerprint density at radius 2 is 1.91 bits per heavy atom. The lowest BCUT2D eigenvalue weighted by molar-refractivity contribution is 0.392. The van der Waals surface area contributed by atoms with E-state index in [1.807, 2.05) is 20.0 Å². The van der Waals surface area contributed by atoms with E-state index in [-0.39, 0.29) is 24.0 Å². The fourth-order valence-electron chi connectivity index (χ4n) is 2.19. The van der Waals surface area contributed by atoms with Gasteiger partial charge in [0.2, 0.25) is 0 Å². The van der Waals surface area contributed by atoms with Crippen LogP contribution in [0.5, 0.6) is 0 Å². The highest BCUT2D eigenvalue weighted by atomic mass is 127. The molecule has 23 heavy (non-hydrogen) atoms. The van der Waals surface area contributed by atoms with Crippen LogP contribution in [0.4, 0.5) is 0 Å². The highest BCUT2D eigenvalue weighted by molar-refractivity contribution is 14.0. The van der Waals surface area contributed by atoms with E-state index in [2.05, 4.69) is 32.7 Å². The van der Waals surface area contributed by atoms with Crippen molar-refractivity contribution in [3.8, 4) is 0 Å². The van der Waals surface area contributed by atoms with Gasteiger partial charge in [-0.25, -0.2) is 4.98 Å². The lowest BCUT2D eigenvalue weighted by atomic mass is 10.1. The quantitative estimate of drug-likeness (QED) is 0.403. The van der Waals surface area contributed by atoms with Gasteiger partial charge in [0.15, 0.2) is 5.96 Å². The Hall–Kier alpha value is -1.16. The maximum absolute atomic E-state index is 5.17. The van der Waals surface area contributed by atoms with Crippen LogP contribution >= 0.6 is 35.3 Å². The summed E-state index contributed by atoms with van der Waals surface area (Å²) in [4.78, 5) is 9.83. The van der Waals surface area contributed by atoms with Gasteiger partial charge in [-0.15, -0.1) is 35.3 Å². The molecule has 0 bridgehead atoms. The van der Waals surface area contributed by atoms with E-state index in [1.165, 1.54) is 10.4 Å². The zero-order chi connectivity index (χ0) is 15.9. The normalized spacial score (nSPS) is 11.2. The van der Waals surface area contributed by atoms with Crippen molar-refractivity contribution in [3.05, 3.63) is 33.1 Å². The molecular formula is C15H24IN5OS. The van der Waals surface area contributed by atoms with Gasteiger partial charge in [0, 0.05) is 43.2 Å². The molecule has 8 heteroatoms. The maximum Gasteiger partial charge on any atom is 0.191 e. The third-order valence-corrected chi connectivity index (χ3v) is 4.35. The molecule has 0 aliphatic carbocycles. The van der Waals surface area contributed by atoms with Crippen LogP contribution in [-0.2, 0) is 12.8 Å². The lowest BCUT2D eigenvalue weighted by Crippen LogP contribution is -2.39. The molecule has 2 aromatic rings. The lowest BCUT2D eigenvalue weighted by Gasteiger charge is -2.11. The third-order valence-electron chi connectivity index (χ3n) is 3.37. The van der Waals surface area contributed by atoms with Crippen LogP contribution in [0.1, 0.15) is 26.9 Å². The van der Waals surface area contributed by atoms with E-state index in [0.717, 1.165) is 48.4 Å². The number of nitrogens with zero attached hydrogens (tertiary/aromatic N) is 3. The minimum Gasteiger partial charge on any atom is -0.361 e. The minimum absolute atomic E-state index is 0. The molecule has 0 saturated heterocycles. The standard InChI is InChI=1S/C15H23N5OS.HI/c1-10-9-19-14(22-10)6-8-18-15(16-4)17-7-5-13-11(2)20-21-12(13)3;/h9H,5-8H2,1-4H3,(H2,16,17,18);1H. The van der Waals surface area contributed by atoms with Crippen LogP contribution in [0.3, 0.4) is 0 Å². The average Bonchev–Trinajstić information content (AvgIpc) is 3.05. The number of aromatic nitrogens is 2. The van der Waals surface area contributed by atoms with Gasteiger partial charge in [-0.1, -0.05) is 5.16 Å². The first-order valence-corrected chi connectivity index (χ1v) is 8.19. The molecule has 6 nitrogen and oxygen atoms in total. The molecule has 0 fully saturated rings. The van der Waals surface area contributed by atoms with Crippen LogP contribution in [0.2, 0.25) is 0 Å². The molecule has 0 spiro atoms. The van der Waals surface area contributed by atoms with Gasteiger partial charge in [-0.3, -0.25) is 4.99 Å². The molecular weight excluding hydrogens is 425 g/mol. The summed E-state index contributed by atoms with van der Waals surface area (Å²) in [5, 5.41) is 11.7. The number of thiazole rings is 1. The van der Waals surface area contributed by atoms with E-state index in [0.29, 0.717) is 0 Å². The van der Waals surface area contributed by atoms with Gasteiger partial charge in [0.25, 0.3) is 0 Å². The summed E-state index contributed by atoms with van der Waals surface area (Å²) in [5.74, 6) is 1.70. The van der Waals surface area contributed by atoms with Gasteiger partial charge in [-0.05, 0) is 27.2 Å². The van der Waals surface area contributed by atoms with Crippen molar-refractivity contribution in [1.29, 1.82) is 0 Å². The van der Waals surface area contributed by atoms with Gasteiger partial charge in [0.1, 0.15) is 5.76 Å². The second kappa shape index (κ2) is 9.86. The topological polar surface area (TPSA) is 75.3 Å². The molecule has 2 N–H and O–H groups in total. The van der Waals surface area contributed by atoms with Crippen LogP contribution in [0.15, 0.2) is 15.7 Å². The minimum atomic E-state index is 0. The highest BCUT2D eigenvalue weighted by Gasteiger charge is 2.08. The summed E-state index contributed by atoms with van der Waals surface area (Å²) in [7, 11) is 1.78. The smallest absolute Gasteiger partial charge is 0.191 e. The Bertz CT molecular complexity index is 618. The summed E-state index contributed by atoms with van der Waals surface area (Å²) in [6.45, 7) is 7.59. The number of aryl methyl sites for hydroxylation is 3. The van der Waals surface area contributed by atoms with Crippen molar-refractivity contribution in [2.75, 3.05) is 20.1 Å². The predicted molar refractivity (Wildman–Crippen MR) is 105 cm³/mol. The van der Waals surface area contributed by atoms with E-state index < -0.39 is 0 Å². The fourth-order valence-corrected chi connectivity index (χ4v) is 2.98. The van der Waals surface area contributed by atoms with E-state index in [4.69, 9.17) is 4.52 Å². The van der Waals surface area contributed by atoms with Crippen molar-refractivity contribution in [2.24, 2.45) is 4.99 Å². The summed E-state index contributed by atoms with van der Waals surface area (Å²) in [6.07, 6.45) is 3.69. The number of rotatable bonds is 6. The number of hydrogen-bond acceptors (Lipinski definition) is 5. The summed E-state index contributed by atoms with van der Waals surface area (Å²) in [6, 6.07) is 0. The molecule has 0 saturated carbocycles. The van der Waals surface area contributed by atoms with Crippen molar-refractivity contribution in [1.82, 2.24) is 20.8 Å². The number of hydrogen-bond donors (Lipinski definition) is 2. The Kier molecular flexibility index (Phi) is 8.53. The van der Waals surface area contributed by atoms with Crippen molar-refractivity contribution in [3.63, 3.8) is 0 Å². The first kappa shape index (κ1) is 19.9. The fraction of sp³-hybridized carbons (Fsp3) is 0.533. The number of halogens is 1. The Morgan fingerprint density at radius 1 is 1.22 bits per heavy atom. The van der Waals surface area contributed by atoms with Crippen LogP contribution in [0, 0.1) is 20.8 Å². The van der Waals surface area contributed by atoms with Crippen molar-refractivity contribution >= 4 is 41.3 Å². The van der Waals surface area contributed by atoms with Gasteiger partial charge < -0.3 is 15.2 Å². The molecule has 0 unspecified atom stereocenters. The van der Waals surface area contributed by atoms with Gasteiger partial charge in [-0.2, -0.15) is 0 Å². The van der Waals surface area contributed by atoms with E-state index >= 15 is 0 Å². The van der Waals surface area contributed by atoms with Gasteiger partial charge in [0.05, 0.1) is 10.7 Å². The summed E-state index contributed by atoms with van der Waals surface area (Å²) < 4.78 is 5.17. The molecule has 2 heterocycles. The molecule has 0 amide bonds. The molecule has 2 aromatic heterocycles. The zero-order valence-corrected chi connectivity index (χ0v) is 17.1. The number of aliphatic imine (C=N–C) groups is 1. The van der Waals surface area contributed by atoms with Crippen molar-refractivity contribution in [2.45, 2.75) is 33.6 Å². The second-order valence-electron chi connectivity index (χ2n) is 5.09. The second-order valence-corrected chi connectivity index (χ2v) is 6.41. The molecule has 0 aliphatic rings. The Morgan fingerprint density at radius 3 is 2.43 bits per heavy atom. The first-order chi connectivity index (χ1) is 10.6. The summed E-state index contributed by atoms with van der Waals surface area (Å²) >= 11 is 1.74. The van der Waals surface area contributed by atoms with E-state index in [1.54, 1.807) is 18.4 Å². The molecule has 128 valence electrons. The molecule has 0 aliphatic heterocycles.